The van der Waals surface area contributed by atoms with Gasteiger partial charge in [0.25, 0.3) is 5.91 Å². The Kier molecular flexibility index (Phi) is 7.32. The molecule has 2 aliphatic rings. The first kappa shape index (κ1) is 24.7. The maximum absolute atomic E-state index is 13.1. The van der Waals surface area contributed by atoms with E-state index in [1.54, 1.807) is 6.20 Å². The highest BCUT2D eigenvalue weighted by molar-refractivity contribution is 6.11. The van der Waals surface area contributed by atoms with Gasteiger partial charge in [0.15, 0.2) is 5.69 Å². The molecule has 0 atom stereocenters. The van der Waals surface area contributed by atoms with Gasteiger partial charge in [-0.15, -0.1) is 0 Å². The summed E-state index contributed by atoms with van der Waals surface area (Å²) >= 11 is 0. The lowest BCUT2D eigenvalue weighted by Crippen LogP contribution is -2.43. The van der Waals surface area contributed by atoms with Crippen LogP contribution >= 0.6 is 0 Å². The highest BCUT2D eigenvalue weighted by Crippen LogP contribution is 2.25. The minimum atomic E-state index is -0.269. The number of anilines is 2. The summed E-state index contributed by atoms with van der Waals surface area (Å²) in [7, 11) is 2.14. The Balaban J connectivity index is 1.34. The molecule has 192 valence electrons. The number of pyridine rings is 1. The summed E-state index contributed by atoms with van der Waals surface area (Å²) in [6.07, 6.45) is 8.05. The van der Waals surface area contributed by atoms with Crippen molar-refractivity contribution in [2.45, 2.75) is 19.8 Å². The zero-order chi connectivity index (χ0) is 25.8. The molecule has 3 aromatic rings. The molecule has 2 fully saturated rings. The average Bonchev–Trinajstić information content (AvgIpc) is 3.59. The van der Waals surface area contributed by atoms with Crippen molar-refractivity contribution >= 4 is 40.6 Å². The number of benzene rings is 1. The number of amides is 1. The molecule has 37 heavy (non-hydrogen) atoms. The highest BCUT2D eigenvalue weighted by Gasteiger charge is 2.18. The van der Waals surface area contributed by atoms with Crippen molar-refractivity contribution in [3.63, 3.8) is 0 Å². The second-order valence-electron chi connectivity index (χ2n) is 9.74. The van der Waals surface area contributed by atoms with Crippen LogP contribution in [0, 0.1) is 0 Å². The van der Waals surface area contributed by atoms with E-state index in [2.05, 4.69) is 67.0 Å². The van der Waals surface area contributed by atoms with Gasteiger partial charge in [-0.2, -0.15) is 5.10 Å². The zero-order valence-electron chi connectivity index (χ0n) is 21.6. The fraction of sp³-hybridized carbons (Fsp3) is 0.357. The molecule has 1 amide bonds. The number of rotatable bonds is 7. The van der Waals surface area contributed by atoms with Gasteiger partial charge in [0, 0.05) is 50.9 Å². The van der Waals surface area contributed by atoms with E-state index in [1.165, 1.54) is 12.8 Å². The molecule has 0 radical (unpaired) electrons. The number of allylic oxidation sites excluding steroid dienone is 2. The number of aromatic nitrogens is 3. The van der Waals surface area contributed by atoms with E-state index in [9.17, 15) is 4.79 Å². The van der Waals surface area contributed by atoms with Gasteiger partial charge in [-0.3, -0.25) is 14.9 Å². The van der Waals surface area contributed by atoms with Gasteiger partial charge < -0.3 is 20.0 Å². The molecule has 0 aliphatic carbocycles. The highest BCUT2D eigenvalue weighted by atomic mass is 16.1. The first-order valence-electron chi connectivity index (χ1n) is 12.8. The summed E-state index contributed by atoms with van der Waals surface area (Å²) in [5.41, 5.74) is 4.95. The van der Waals surface area contributed by atoms with Crippen LogP contribution in [0.1, 0.15) is 35.8 Å². The predicted molar refractivity (Wildman–Crippen MR) is 150 cm³/mol. The van der Waals surface area contributed by atoms with Gasteiger partial charge in [-0.05, 0) is 75.0 Å². The zero-order valence-corrected chi connectivity index (χ0v) is 21.6. The van der Waals surface area contributed by atoms with Gasteiger partial charge in [0.05, 0.1) is 23.1 Å². The summed E-state index contributed by atoms with van der Waals surface area (Å²) in [6, 6.07) is 9.86. The number of nitrogens with zero attached hydrogens (tertiary/aromatic N) is 6. The van der Waals surface area contributed by atoms with E-state index >= 15 is 0 Å². The molecule has 5 rings (SSSR count). The van der Waals surface area contributed by atoms with E-state index in [4.69, 9.17) is 0 Å². The lowest BCUT2D eigenvalue weighted by atomic mass is 10.0. The van der Waals surface area contributed by atoms with Crippen molar-refractivity contribution in [3.05, 3.63) is 65.8 Å². The molecule has 2 aromatic heterocycles. The monoisotopic (exact) mass is 498 g/mol. The van der Waals surface area contributed by atoms with Crippen molar-refractivity contribution in [2.24, 2.45) is 4.99 Å². The Bertz CT molecular complexity index is 1330. The fourth-order valence-corrected chi connectivity index (χ4v) is 4.89. The third-order valence-electron chi connectivity index (χ3n) is 7.13. The molecule has 2 saturated heterocycles. The number of hydrogen-bond acceptors (Lipinski definition) is 7. The number of aliphatic imine (C=N–C) groups is 1. The second kappa shape index (κ2) is 11.0. The smallest absolute Gasteiger partial charge is 0.276 e. The molecule has 2 aliphatic heterocycles. The van der Waals surface area contributed by atoms with Gasteiger partial charge in [-0.25, -0.2) is 4.98 Å². The van der Waals surface area contributed by atoms with Crippen LogP contribution in [0.5, 0.6) is 0 Å². The predicted octanol–water partition coefficient (Wildman–Crippen LogP) is 4.00. The topological polar surface area (TPSA) is 92.7 Å². The van der Waals surface area contributed by atoms with Crippen LogP contribution in [-0.4, -0.2) is 83.9 Å². The van der Waals surface area contributed by atoms with Crippen LogP contribution in [0.15, 0.2) is 59.5 Å². The van der Waals surface area contributed by atoms with Crippen LogP contribution < -0.4 is 10.2 Å². The van der Waals surface area contributed by atoms with Gasteiger partial charge in [0.2, 0.25) is 0 Å². The number of nitrogens with one attached hydrogen (secondary N) is 2. The lowest BCUT2D eigenvalue weighted by Gasteiger charge is -2.34. The number of hydrogen-bond donors (Lipinski definition) is 2. The molecule has 4 heterocycles. The van der Waals surface area contributed by atoms with E-state index in [0.29, 0.717) is 11.4 Å². The number of piperazine rings is 1. The van der Waals surface area contributed by atoms with E-state index in [1.807, 2.05) is 36.5 Å². The Morgan fingerprint density at radius 2 is 1.89 bits per heavy atom. The van der Waals surface area contributed by atoms with Crippen LogP contribution in [-0.2, 0) is 0 Å². The number of likely N-dealkylation sites (N-methyl/N-ethyl adjacent to an activating group) is 1. The molecule has 0 bridgehead atoms. The van der Waals surface area contributed by atoms with Crippen molar-refractivity contribution < 1.29 is 4.79 Å². The van der Waals surface area contributed by atoms with Crippen molar-refractivity contribution in [1.82, 2.24) is 25.0 Å². The third-order valence-corrected chi connectivity index (χ3v) is 7.13. The Labute approximate surface area is 217 Å². The molecule has 0 saturated carbocycles. The van der Waals surface area contributed by atoms with Crippen LogP contribution in [0.2, 0.25) is 0 Å². The van der Waals surface area contributed by atoms with Crippen molar-refractivity contribution in [1.29, 1.82) is 0 Å². The number of carbonyl (C=O) groups is 1. The normalized spacial score (nSPS) is 17.5. The summed E-state index contributed by atoms with van der Waals surface area (Å²) in [6.45, 7) is 11.7. The Hall–Kier alpha value is -3.98. The standard InChI is InChI=1S/C28H34N8O/c1-20(16-23(19-29-2)35-14-12-34(3)13-15-35)21-6-8-25-24(17-21)27(33-32-25)28(37)31-22-7-9-26(30-18-22)36-10-4-5-11-36/h6-9,16-19H,2,4-5,10-15H2,1,3H3,(H,31,37)(H,32,33)/b20-16+,23-19+. The third kappa shape index (κ3) is 5.56. The quantitative estimate of drug-likeness (QED) is 0.378. The average molecular weight is 499 g/mol. The number of aromatic amines is 1. The lowest BCUT2D eigenvalue weighted by molar-refractivity contribution is 0.102. The van der Waals surface area contributed by atoms with E-state index in [0.717, 1.165) is 72.8 Å². The van der Waals surface area contributed by atoms with Gasteiger partial charge in [0.1, 0.15) is 5.82 Å². The second-order valence-corrected chi connectivity index (χ2v) is 9.74. The Morgan fingerprint density at radius 3 is 2.59 bits per heavy atom. The minimum Gasteiger partial charge on any atom is -0.368 e. The fourth-order valence-electron chi connectivity index (χ4n) is 4.89. The SMILES string of the molecule is C=N/C=C(\C=C(/C)c1ccc2[nH]nc(C(=O)Nc3ccc(N4CCCC4)nc3)c2c1)N1CCN(C)CC1. The molecular formula is C28H34N8O. The van der Waals surface area contributed by atoms with Gasteiger partial charge in [-0.1, -0.05) is 6.07 Å². The molecular weight excluding hydrogens is 464 g/mol. The first-order valence-corrected chi connectivity index (χ1v) is 12.8. The molecule has 2 N–H and O–H groups in total. The largest absolute Gasteiger partial charge is 0.368 e. The maximum atomic E-state index is 13.1. The summed E-state index contributed by atoms with van der Waals surface area (Å²) in [4.78, 5) is 28.6. The number of H-pyrrole nitrogens is 1. The molecule has 1 aromatic carbocycles. The van der Waals surface area contributed by atoms with Gasteiger partial charge >= 0.3 is 0 Å². The van der Waals surface area contributed by atoms with Crippen LogP contribution in [0.25, 0.3) is 16.5 Å². The van der Waals surface area contributed by atoms with Crippen LogP contribution in [0.4, 0.5) is 11.5 Å². The molecule has 0 unspecified atom stereocenters. The number of carbonyl (C=O) groups excluding carboxylic acids is 1. The van der Waals surface area contributed by atoms with E-state index in [-0.39, 0.29) is 5.91 Å². The summed E-state index contributed by atoms with van der Waals surface area (Å²) in [5.74, 6) is 0.680. The summed E-state index contributed by atoms with van der Waals surface area (Å²) < 4.78 is 0. The van der Waals surface area contributed by atoms with Crippen molar-refractivity contribution in [3.8, 4) is 0 Å². The number of fused-ring (bicyclic) bond motifs is 1. The van der Waals surface area contributed by atoms with Crippen LogP contribution in [0.3, 0.4) is 0 Å². The maximum Gasteiger partial charge on any atom is 0.276 e. The summed E-state index contributed by atoms with van der Waals surface area (Å²) in [5, 5.41) is 11.0. The minimum absolute atomic E-state index is 0.269. The molecule has 9 nitrogen and oxygen atoms in total. The Morgan fingerprint density at radius 1 is 1.11 bits per heavy atom. The van der Waals surface area contributed by atoms with Crippen molar-refractivity contribution in [2.75, 3.05) is 56.5 Å². The van der Waals surface area contributed by atoms with E-state index < -0.39 is 0 Å². The molecule has 0 spiro atoms. The first-order chi connectivity index (χ1) is 18.0. The molecule has 9 heteroatoms.